The summed E-state index contributed by atoms with van der Waals surface area (Å²) in [6, 6.07) is 12.6. The average Bonchev–Trinajstić information content (AvgIpc) is 3.59. The maximum Gasteiger partial charge on any atom is 0.305 e. The van der Waals surface area contributed by atoms with Gasteiger partial charge in [0.1, 0.15) is 0 Å². The van der Waals surface area contributed by atoms with Crippen LogP contribution in [-0.2, 0) is 9.59 Å². The van der Waals surface area contributed by atoms with Gasteiger partial charge >= 0.3 is 4.87 Å². The summed E-state index contributed by atoms with van der Waals surface area (Å²) in [4.78, 5) is 45.1. The summed E-state index contributed by atoms with van der Waals surface area (Å²) in [5.41, 5.74) is 1.56. The zero-order chi connectivity index (χ0) is 24.9. The first-order valence-electron chi connectivity index (χ1n) is 11.8. The number of rotatable bonds is 3. The molecule has 1 aromatic heterocycles. The molecule has 10 heteroatoms. The first kappa shape index (κ1) is 22.6. The Morgan fingerprint density at radius 3 is 2.50 bits per heavy atom. The van der Waals surface area contributed by atoms with Crippen LogP contribution in [0.3, 0.4) is 0 Å². The number of H-pyrrole nitrogens is 1. The van der Waals surface area contributed by atoms with Crippen LogP contribution < -0.4 is 14.5 Å². The Morgan fingerprint density at radius 2 is 1.78 bits per heavy atom. The summed E-state index contributed by atoms with van der Waals surface area (Å²) in [7, 11) is 1.51. The van der Waals surface area contributed by atoms with Gasteiger partial charge in [0, 0.05) is 20.5 Å². The molecule has 4 aliphatic rings. The van der Waals surface area contributed by atoms with Gasteiger partial charge in [0.05, 0.1) is 29.7 Å². The summed E-state index contributed by atoms with van der Waals surface area (Å²) in [6.07, 6.45) is 0.828. The number of anilines is 1. The molecule has 3 heterocycles. The van der Waals surface area contributed by atoms with E-state index in [9.17, 15) is 19.5 Å². The number of aromatic amines is 1. The lowest BCUT2D eigenvalue weighted by molar-refractivity contribution is -0.123. The van der Waals surface area contributed by atoms with Crippen molar-refractivity contribution in [3.8, 4) is 11.5 Å². The van der Waals surface area contributed by atoms with Gasteiger partial charge in [-0.1, -0.05) is 33.3 Å². The molecule has 1 saturated heterocycles. The van der Waals surface area contributed by atoms with E-state index in [-0.39, 0.29) is 63.2 Å². The van der Waals surface area contributed by atoms with Crippen molar-refractivity contribution in [1.82, 2.24) is 4.98 Å². The van der Waals surface area contributed by atoms with Crippen LogP contribution in [-0.4, -0.2) is 34.3 Å². The number of hydrogen-bond acceptors (Lipinski definition) is 7. The lowest BCUT2D eigenvalue weighted by atomic mass is 9.68. The Bertz CT molecular complexity index is 1480. The Kier molecular flexibility index (Phi) is 5.01. The molecule has 7 rings (SSSR count). The van der Waals surface area contributed by atoms with Crippen molar-refractivity contribution >= 4 is 56.5 Å². The van der Waals surface area contributed by atoms with Crippen LogP contribution in [0.15, 0.2) is 56.8 Å². The summed E-state index contributed by atoms with van der Waals surface area (Å²) in [5, 5.41) is 11.2. The van der Waals surface area contributed by atoms with Crippen molar-refractivity contribution in [2.75, 3.05) is 12.0 Å². The third-order valence-electron chi connectivity index (χ3n) is 8.37. The number of aromatic hydroxyl groups is 1. The fourth-order valence-corrected chi connectivity index (χ4v) is 10.3. The normalized spacial score (nSPS) is 31.9. The molecule has 2 aromatic carbocycles. The smallest absolute Gasteiger partial charge is 0.305 e. The van der Waals surface area contributed by atoms with E-state index in [1.165, 1.54) is 23.3 Å². The second-order valence-electron chi connectivity index (χ2n) is 9.88. The van der Waals surface area contributed by atoms with Crippen molar-refractivity contribution in [3.05, 3.63) is 67.0 Å². The SMILES string of the molecule is COc1cc([C@@H]2c3sc(=O)[nH]c3S[C@@H]3[C@@H]4C[C@@H]([C@@H]5C(=O)N(c6ccc(Br)cc6)C(=O)[C@@H]45)[C@@H]23)ccc1O. The van der Waals surface area contributed by atoms with Gasteiger partial charge in [0.25, 0.3) is 0 Å². The number of halogens is 1. The van der Waals surface area contributed by atoms with Gasteiger partial charge in [-0.2, -0.15) is 0 Å². The number of phenolic OH excluding ortho intramolecular Hbond substituents is 1. The molecule has 2 N–H and O–H groups in total. The predicted molar refractivity (Wildman–Crippen MR) is 140 cm³/mol. The van der Waals surface area contributed by atoms with Crippen molar-refractivity contribution in [1.29, 1.82) is 0 Å². The molecule has 2 amide bonds. The standard InChI is InChI=1S/C26H21BrN2O5S2/c1-34-16-8-10(2-7-15(16)30)17-18-13-9-14(21(18)35-23-22(17)36-26(33)28-23)20-19(13)24(31)29(25(20)32)12-5-3-11(27)4-6-12/h2-8,13-14,17-21,30H,9H2,1H3,(H,28,33)/t13-,14-,17+,18+,19+,20+,21-/m1/s1. The van der Waals surface area contributed by atoms with Crippen LogP contribution in [0.4, 0.5) is 5.69 Å². The highest BCUT2D eigenvalue weighted by atomic mass is 79.9. The molecule has 3 fully saturated rings. The van der Waals surface area contributed by atoms with E-state index >= 15 is 0 Å². The number of benzene rings is 2. The highest BCUT2D eigenvalue weighted by Gasteiger charge is 2.69. The molecule has 7 atom stereocenters. The van der Waals surface area contributed by atoms with Gasteiger partial charge in [0.2, 0.25) is 11.8 Å². The summed E-state index contributed by atoms with van der Waals surface area (Å²) in [5.74, 6) is -0.407. The quantitative estimate of drug-likeness (QED) is 0.437. The molecule has 36 heavy (non-hydrogen) atoms. The Morgan fingerprint density at radius 1 is 1.06 bits per heavy atom. The molecule has 0 radical (unpaired) electrons. The largest absolute Gasteiger partial charge is 0.504 e. The van der Waals surface area contributed by atoms with Gasteiger partial charge in [-0.25, -0.2) is 0 Å². The number of imide groups is 1. The van der Waals surface area contributed by atoms with Gasteiger partial charge in [-0.3, -0.25) is 19.3 Å². The number of phenols is 1. The second kappa shape index (κ2) is 7.97. The first-order chi connectivity index (χ1) is 17.4. The molecule has 184 valence electrons. The van der Waals surface area contributed by atoms with Gasteiger partial charge in [0.15, 0.2) is 11.5 Å². The highest BCUT2D eigenvalue weighted by Crippen LogP contribution is 2.68. The third kappa shape index (κ3) is 3.01. The number of ether oxygens (including phenoxy) is 1. The summed E-state index contributed by atoms with van der Waals surface area (Å²) < 4.78 is 6.27. The monoisotopic (exact) mass is 584 g/mol. The van der Waals surface area contributed by atoms with E-state index < -0.39 is 0 Å². The molecule has 3 aromatic rings. The van der Waals surface area contributed by atoms with Crippen molar-refractivity contribution in [2.45, 2.75) is 22.6 Å². The molecule has 2 aliphatic heterocycles. The van der Waals surface area contributed by atoms with Crippen molar-refractivity contribution in [2.24, 2.45) is 29.6 Å². The molecule has 2 saturated carbocycles. The third-order valence-corrected chi connectivity index (χ3v) is 11.5. The van der Waals surface area contributed by atoms with Crippen LogP contribution in [0.25, 0.3) is 0 Å². The number of thioether (sulfide) groups is 1. The summed E-state index contributed by atoms with van der Waals surface area (Å²) in [6.45, 7) is 0. The zero-order valence-electron chi connectivity index (χ0n) is 19.0. The molecule has 2 bridgehead atoms. The number of carbonyl (C=O) groups is 2. The van der Waals surface area contributed by atoms with E-state index in [0.29, 0.717) is 11.4 Å². The number of fused-ring (bicyclic) bond motifs is 9. The number of carbonyl (C=O) groups excluding carboxylic acids is 2. The topological polar surface area (TPSA) is 99.7 Å². The van der Waals surface area contributed by atoms with Gasteiger partial charge in [-0.15, -0.1) is 11.8 Å². The van der Waals surface area contributed by atoms with Gasteiger partial charge < -0.3 is 14.8 Å². The highest BCUT2D eigenvalue weighted by molar-refractivity contribution is 9.10. The number of thiazole rings is 1. The number of amides is 2. The minimum atomic E-state index is -0.355. The fourth-order valence-electron chi connectivity index (χ4n) is 7.12. The maximum absolute atomic E-state index is 13.8. The zero-order valence-corrected chi connectivity index (χ0v) is 22.2. The molecule has 0 unspecified atom stereocenters. The van der Waals surface area contributed by atoms with Crippen LogP contribution >= 0.6 is 39.0 Å². The molecular weight excluding hydrogens is 564 g/mol. The Balaban J connectivity index is 1.33. The lowest BCUT2D eigenvalue weighted by Crippen LogP contribution is -2.42. The minimum Gasteiger partial charge on any atom is -0.504 e. The minimum absolute atomic E-state index is 0.0320. The summed E-state index contributed by atoms with van der Waals surface area (Å²) >= 11 is 6.29. The Labute approximate surface area is 223 Å². The van der Waals surface area contributed by atoms with E-state index in [1.54, 1.807) is 30.0 Å². The van der Waals surface area contributed by atoms with Crippen LogP contribution in [0, 0.1) is 29.6 Å². The van der Waals surface area contributed by atoms with E-state index in [0.717, 1.165) is 26.4 Å². The van der Waals surface area contributed by atoms with E-state index in [4.69, 9.17) is 4.74 Å². The van der Waals surface area contributed by atoms with Gasteiger partial charge in [-0.05, 0) is 66.1 Å². The van der Waals surface area contributed by atoms with E-state index in [1.807, 2.05) is 24.3 Å². The predicted octanol–water partition coefficient (Wildman–Crippen LogP) is 4.59. The number of aromatic nitrogens is 1. The molecule has 0 spiro atoms. The number of methoxy groups -OCH3 is 1. The van der Waals surface area contributed by atoms with Crippen molar-refractivity contribution in [3.63, 3.8) is 0 Å². The van der Waals surface area contributed by atoms with Crippen LogP contribution in [0.2, 0.25) is 0 Å². The number of hydrogen-bond donors (Lipinski definition) is 2. The number of nitrogens with one attached hydrogen (secondary N) is 1. The molecule has 2 aliphatic carbocycles. The maximum atomic E-state index is 13.8. The number of nitrogens with zero attached hydrogens (tertiary/aromatic N) is 1. The fraction of sp³-hybridized carbons (Fsp3) is 0.346. The van der Waals surface area contributed by atoms with Crippen LogP contribution in [0.5, 0.6) is 11.5 Å². The molecular formula is C26H21BrN2O5S2. The lowest BCUT2D eigenvalue weighted by Gasteiger charge is -2.43. The Hall–Kier alpha value is -2.56. The van der Waals surface area contributed by atoms with E-state index in [2.05, 4.69) is 20.9 Å². The first-order valence-corrected chi connectivity index (χ1v) is 14.3. The van der Waals surface area contributed by atoms with Crippen molar-refractivity contribution < 1.29 is 19.4 Å². The molecule has 7 nitrogen and oxygen atoms in total. The second-order valence-corrected chi connectivity index (χ2v) is 13.0. The average molecular weight is 586 g/mol. The van der Waals surface area contributed by atoms with Crippen LogP contribution in [0.1, 0.15) is 22.8 Å².